The van der Waals surface area contributed by atoms with Crippen LogP contribution in [-0.2, 0) is 6.54 Å². The minimum absolute atomic E-state index is 0.493. The zero-order valence-corrected chi connectivity index (χ0v) is 10.8. The molecule has 0 aliphatic carbocycles. The molecule has 6 heteroatoms. The number of oxazole rings is 1. The van der Waals surface area contributed by atoms with Crippen molar-refractivity contribution >= 4 is 15.9 Å². The molecule has 0 saturated carbocycles. The molecule has 2 aliphatic heterocycles. The summed E-state index contributed by atoms with van der Waals surface area (Å²) in [5.41, 5.74) is 1.02. The highest BCUT2D eigenvalue weighted by molar-refractivity contribution is 9.10. The Bertz CT molecular complexity index is 702. The third-order valence-corrected chi connectivity index (χ3v) is 3.01. The first-order chi connectivity index (χ1) is 8.72. The van der Waals surface area contributed by atoms with Crippen molar-refractivity contribution in [1.29, 1.82) is 0 Å². The van der Waals surface area contributed by atoms with Crippen LogP contribution in [0.2, 0.25) is 0 Å². The van der Waals surface area contributed by atoms with Crippen molar-refractivity contribution in [3.63, 3.8) is 0 Å². The quantitative estimate of drug-likeness (QED) is 0.681. The molecule has 0 N–H and O–H groups in total. The van der Waals surface area contributed by atoms with Gasteiger partial charge in [0.15, 0.2) is 11.6 Å². The summed E-state index contributed by atoms with van der Waals surface area (Å²) < 4.78 is 7.60. The van der Waals surface area contributed by atoms with Gasteiger partial charge in [0.1, 0.15) is 4.60 Å². The molecule has 0 aromatic carbocycles. The average Bonchev–Trinajstić information content (AvgIpc) is 2.73. The van der Waals surface area contributed by atoms with Crippen LogP contribution in [0.5, 0.6) is 0 Å². The summed E-state index contributed by atoms with van der Waals surface area (Å²) in [6.45, 7) is 0.587. The molecule has 1 aromatic heterocycles. The van der Waals surface area contributed by atoms with Crippen LogP contribution in [0.15, 0.2) is 50.5 Å². The SMILES string of the molecule is O=c1nc2n(Cc3ccc(Br)nc3)cccc-2o1. The van der Waals surface area contributed by atoms with E-state index in [1.165, 1.54) is 0 Å². The highest BCUT2D eigenvalue weighted by atomic mass is 79.9. The van der Waals surface area contributed by atoms with Gasteiger partial charge in [0.25, 0.3) is 0 Å². The highest BCUT2D eigenvalue weighted by Crippen LogP contribution is 2.18. The first-order valence-electron chi connectivity index (χ1n) is 5.29. The van der Waals surface area contributed by atoms with E-state index < -0.39 is 5.76 Å². The van der Waals surface area contributed by atoms with E-state index in [4.69, 9.17) is 4.42 Å². The molecular weight excluding hydrogens is 298 g/mol. The number of pyridine rings is 2. The molecule has 0 saturated heterocycles. The Morgan fingerprint density at radius 3 is 3.00 bits per heavy atom. The molecule has 18 heavy (non-hydrogen) atoms. The summed E-state index contributed by atoms with van der Waals surface area (Å²) in [6, 6.07) is 7.37. The van der Waals surface area contributed by atoms with Crippen molar-refractivity contribution in [3.05, 3.63) is 57.4 Å². The molecule has 3 heterocycles. The van der Waals surface area contributed by atoms with Gasteiger partial charge in [-0.1, -0.05) is 6.07 Å². The van der Waals surface area contributed by atoms with Crippen LogP contribution < -0.4 is 5.76 Å². The van der Waals surface area contributed by atoms with Gasteiger partial charge < -0.3 is 8.98 Å². The Morgan fingerprint density at radius 1 is 1.33 bits per heavy atom. The van der Waals surface area contributed by atoms with Gasteiger partial charge in [-0.05, 0) is 39.7 Å². The monoisotopic (exact) mass is 305 g/mol. The lowest BCUT2D eigenvalue weighted by atomic mass is 10.2. The highest BCUT2D eigenvalue weighted by Gasteiger charge is 2.13. The predicted molar refractivity (Wildman–Crippen MR) is 68.4 cm³/mol. The van der Waals surface area contributed by atoms with E-state index in [0.717, 1.165) is 10.2 Å². The average molecular weight is 306 g/mol. The maximum atomic E-state index is 11.1. The zero-order chi connectivity index (χ0) is 12.5. The number of hydrogen-bond acceptors (Lipinski definition) is 4. The molecule has 0 radical (unpaired) electrons. The molecule has 1 aromatic rings. The standard InChI is InChI=1S/C12H8BrN3O2/c13-10-4-3-8(6-14-10)7-16-5-1-2-9-11(16)15-12(17)18-9/h1-6H,7H2. The van der Waals surface area contributed by atoms with Crippen molar-refractivity contribution in [2.24, 2.45) is 0 Å². The Kier molecular flexibility index (Phi) is 2.71. The fraction of sp³-hybridized carbons (Fsp3) is 0.0833. The molecule has 5 nitrogen and oxygen atoms in total. The lowest BCUT2D eigenvalue weighted by Crippen LogP contribution is -2.05. The van der Waals surface area contributed by atoms with E-state index >= 15 is 0 Å². The molecule has 0 spiro atoms. The number of hydrogen-bond donors (Lipinski definition) is 0. The zero-order valence-electron chi connectivity index (χ0n) is 9.21. The summed E-state index contributed by atoms with van der Waals surface area (Å²) in [7, 11) is 0. The van der Waals surface area contributed by atoms with Gasteiger partial charge >= 0.3 is 5.76 Å². The second-order valence-corrected chi connectivity index (χ2v) is 4.61. The molecule has 0 atom stereocenters. The van der Waals surface area contributed by atoms with E-state index in [0.29, 0.717) is 18.1 Å². The van der Waals surface area contributed by atoms with Crippen molar-refractivity contribution in [1.82, 2.24) is 14.5 Å². The molecule has 0 bridgehead atoms. The molecular formula is C12H8BrN3O2. The van der Waals surface area contributed by atoms with Gasteiger partial charge in [0, 0.05) is 12.4 Å². The summed E-state index contributed by atoms with van der Waals surface area (Å²) in [6.07, 6.45) is 3.63. The fourth-order valence-electron chi connectivity index (χ4n) is 1.75. The van der Waals surface area contributed by atoms with Gasteiger partial charge in [0.2, 0.25) is 0 Å². The van der Waals surface area contributed by atoms with Gasteiger partial charge in [-0.3, -0.25) is 0 Å². The molecule has 2 aliphatic rings. The Labute approximate surface area is 111 Å². The maximum absolute atomic E-state index is 11.1. The first kappa shape index (κ1) is 11.2. The van der Waals surface area contributed by atoms with Crippen LogP contribution in [0.4, 0.5) is 0 Å². The number of rotatable bonds is 2. The lowest BCUT2D eigenvalue weighted by Gasteiger charge is -2.09. The topological polar surface area (TPSA) is 60.9 Å². The number of aromatic nitrogens is 3. The number of halogens is 1. The summed E-state index contributed by atoms with van der Waals surface area (Å²) >= 11 is 3.29. The fourth-order valence-corrected chi connectivity index (χ4v) is 1.98. The summed E-state index contributed by atoms with van der Waals surface area (Å²) in [5, 5.41) is 0. The number of fused-ring (bicyclic) bond motifs is 1. The molecule has 0 amide bonds. The summed E-state index contributed by atoms with van der Waals surface area (Å²) in [5.74, 6) is 0.469. The molecule has 90 valence electrons. The molecule has 0 unspecified atom stereocenters. The van der Waals surface area contributed by atoms with Crippen molar-refractivity contribution in [2.75, 3.05) is 0 Å². The van der Waals surface area contributed by atoms with Gasteiger partial charge in [-0.15, -0.1) is 0 Å². The smallest absolute Gasteiger partial charge is 0.405 e. The number of nitrogens with zero attached hydrogens (tertiary/aromatic N) is 3. The first-order valence-corrected chi connectivity index (χ1v) is 6.08. The van der Waals surface area contributed by atoms with Crippen LogP contribution in [0, 0.1) is 0 Å². The Balaban J connectivity index is 2.00. The third-order valence-electron chi connectivity index (χ3n) is 2.54. The largest absolute Gasteiger partial charge is 0.441 e. The van der Waals surface area contributed by atoms with E-state index in [9.17, 15) is 4.79 Å². The normalized spacial score (nSPS) is 10.9. The Hall–Kier alpha value is -1.95. The molecule has 3 rings (SSSR count). The second kappa shape index (κ2) is 4.38. The summed E-state index contributed by atoms with van der Waals surface area (Å²) in [4.78, 5) is 19.1. The van der Waals surface area contributed by atoms with E-state index in [1.807, 2.05) is 29.0 Å². The third kappa shape index (κ3) is 2.06. The van der Waals surface area contributed by atoms with Gasteiger partial charge in [0.05, 0.1) is 6.54 Å². The van der Waals surface area contributed by atoms with E-state index in [1.54, 1.807) is 12.3 Å². The van der Waals surface area contributed by atoms with Crippen molar-refractivity contribution in [2.45, 2.75) is 6.54 Å². The van der Waals surface area contributed by atoms with Crippen molar-refractivity contribution < 1.29 is 4.42 Å². The minimum Gasteiger partial charge on any atom is -0.405 e. The second-order valence-electron chi connectivity index (χ2n) is 3.79. The molecule has 0 fully saturated rings. The predicted octanol–water partition coefficient (Wildman–Crippen LogP) is 2.15. The van der Waals surface area contributed by atoms with Crippen LogP contribution in [-0.4, -0.2) is 14.5 Å². The van der Waals surface area contributed by atoms with Gasteiger partial charge in [-0.25, -0.2) is 9.78 Å². The van der Waals surface area contributed by atoms with Crippen molar-refractivity contribution in [3.8, 4) is 11.6 Å². The van der Waals surface area contributed by atoms with Crippen LogP contribution in [0.25, 0.3) is 11.6 Å². The van der Waals surface area contributed by atoms with Gasteiger partial charge in [-0.2, -0.15) is 4.98 Å². The van der Waals surface area contributed by atoms with Crippen LogP contribution in [0.1, 0.15) is 5.56 Å². The lowest BCUT2D eigenvalue weighted by molar-refractivity contribution is 0.529. The minimum atomic E-state index is -0.570. The van der Waals surface area contributed by atoms with Crippen LogP contribution in [0.3, 0.4) is 0 Å². The van der Waals surface area contributed by atoms with E-state index in [-0.39, 0.29) is 0 Å². The van der Waals surface area contributed by atoms with Crippen LogP contribution >= 0.6 is 15.9 Å². The van der Waals surface area contributed by atoms with E-state index in [2.05, 4.69) is 25.9 Å². The maximum Gasteiger partial charge on any atom is 0.441 e. The Morgan fingerprint density at radius 2 is 2.22 bits per heavy atom.